The van der Waals surface area contributed by atoms with Crippen LogP contribution in [-0.2, 0) is 19.1 Å². The van der Waals surface area contributed by atoms with Crippen molar-refractivity contribution >= 4 is 17.6 Å². The number of carbonyl (C=O) groups excluding carboxylic acids is 2. The van der Waals surface area contributed by atoms with Gasteiger partial charge in [0.2, 0.25) is 0 Å². The minimum absolute atomic E-state index is 0.145. The Kier molecular flexibility index (Phi) is 7.31. The number of nitro groups is 1. The molecule has 1 aliphatic heterocycles. The molecule has 0 aromatic heterocycles. The molecule has 1 aliphatic rings. The van der Waals surface area contributed by atoms with Crippen LogP contribution in [0.1, 0.15) is 38.7 Å². The van der Waals surface area contributed by atoms with Crippen LogP contribution in [0.4, 0.5) is 5.69 Å². The lowest BCUT2D eigenvalue weighted by atomic mass is 9.82. The standard InChI is InChI=1S/C20H24N2O6/c1-4-11-21-12-15(19(23)27-5-2)18(16(13-21)20(24)28-6-3)14-9-7-8-10-17(14)22(25)26/h7-10,12-13,18H,4-6,11H2,1-3H3. The Labute approximate surface area is 163 Å². The Morgan fingerprint density at radius 3 is 2.04 bits per heavy atom. The van der Waals surface area contributed by atoms with Gasteiger partial charge in [-0.25, -0.2) is 9.59 Å². The van der Waals surface area contributed by atoms with Crippen LogP contribution in [0.3, 0.4) is 0 Å². The molecule has 0 saturated carbocycles. The molecule has 0 aliphatic carbocycles. The number of carbonyl (C=O) groups is 2. The van der Waals surface area contributed by atoms with E-state index in [-0.39, 0.29) is 35.6 Å². The number of hydrogen-bond acceptors (Lipinski definition) is 7. The summed E-state index contributed by atoms with van der Waals surface area (Å²) in [6.07, 6.45) is 3.95. The predicted molar refractivity (Wildman–Crippen MR) is 102 cm³/mol. The van der Waals surface area contributed by atoms with Crippen molar-refractivity contribution in [3.8, 4) is 0 Å². The van der Waals surface area contributed by atoms with Crippen LogP contribution in [0.15, 0.2) is 47.8 Å². The molecule has 0 atom stereocenters. The van der Waals surface area contributed by atoms with Gasteiger partial charge >= 0.3 is 11.9 Å². The van der Waals surface area contributed by atoms with Crippen molar-refractivity contribution in [3.05, 3.63) is 63.5 Å². The van der Waals surface area contributed by atoms with Crippen molar-refractivity contribution < 1.29 is 24.0 Å². The van der Waals surface area contributed by atoms with Gasteiger partial charge in [0.1, 0.15) is 0 Å². The van der Waals surface area contributed by atoms with Gasteiger partial charge in [0.25, 0.3) is 5.69 Å². The first-order chi connectivity index (χ1) is 13.4. The minimum atomic E-state index is -0.951. The molecule has 0 unspecified atom stereocenters. The summed E-state index contributed by atoms with van der Waals surface area (Å²) in [7, 11) is 0. The van der Waals surface area contributed by atoms with Gasteiger partial charge in [-0.1, -0.05) is 25.1 Å². The molecule has 0 N–H and O–H groups in total. The number of rotatable bonds is 8. The number of nitro benzene ring substituents is 1. The fraction of sp³-hybridized carbons (Fsp3) is 0.400. The molecule has 0 spiro atoms. The van der Waals surface area contributed by atoms with Crippen LogP contribution in [0.2, 0.25) is 0 Å². The molecule has 2 rings (SSSR count). The second-order valence-electron chi connectivity index (χ2n) is 6.10. The zero-order valence-electron chi connectivity index (χ0n) is 16.2. The number of ether oxygens (including phenoxy) is 2. The zero-order chi connectivity index (χ0) is 20.7. The third-order valence-electron chi connectivity index (χ3n) is 4.18. The molecule has 0 radical (unpaired) electrons. The summed E-state index contributed by atoms with van der Waals surface area (Å²) >= 11 is 0. The van der Waals surface area contributed by atoms with Gasteiger partial charge in [-0.15, -0.1) is 0 Å². The lowest BCUT2D eigenvalue weighted by Gasteiger charge is -2.30. The average molecular weight is 388 g/mol. The highest BCUT2D eigenvalue weighted by molar-refractivity contribution is 5.99. The fourth-order valence-electron chi connectivity index (χ4n) is 3.10. The highest BCUT2D eigenvalue weighted by Gasteiger charge is 2.38. The number of nitrogens with zero attached hydrogens (tertiary/aromatic N) is 2. The maximum absolute atomic E-state index is 12.7. The van der Waals surface area contributed by atoms with E-state index >= 15 is 0 Å². The van der Waals surface area contributed by atoms with E-state index in [0.717, 1.165) is 6.42 Å². The average Bonchev–Trinajstić information content (AvgIpc) is 2.68. The largest absolute Gasteiger partial charge is 0.463 e. The van der Waals surface area contributed by atoms with Gasteiger partial charge in [-0.3, -0.25) is 10.1 Å². The molecule has 150 valence electrons. The van der Waals surface area contributed by atoms with Crippen LogP contribution in [0.5, 0.6) is 0 Å². The molecular weight excluding hydrogens is 364 g/mol. The van der Waals surface area contributed by atoms with E-state index in [1.165, 1.54) is 12.1 Å². The van der Waals surface area contributed by atoms with Crippen LogP contribution < -0.4 is 0 Å². The highest BCUT2D eigenvalue weighted by atomic mass is 16.6. The summed E-state index contributed by atoms with van der Waals surface area (Å²) in [5.74, 6) is -2.20. The quantitative estimate of drug-likeness (QED) is 0.383. The van der Waals surface area contributed by atoms with E-state index in [2.05, 4.69) is 0 Å². The second kappa shape index (κ2) is 9.68. The summed E-state index contributed by atoms with van der Waals surface area (Å²) < 4.78 is 10.3. The molecule has 1 aromatic rings. The Hall–Kier alpha value is -3.16. The smallest absolute Gasteiger partial charge is 0.336 e. The van der Waals surface area contributed by atoms with Crippen molar-refractivity contribution in [2.75, 3.05) is 19.8 Å². The first-order valence-corrected chi connectivity index (χ1v) is 9.21. The summed E-state index contributed by atoms with van der Waals surface area (Å²) in [4.78, 5) is 38.1. The third-order valence-corrected chi connectivity index (χ3v) is 4.18. The molecular formula is C20H24N2O6. The van der Waals surface area contributed by atoms with E-state index in [0.29, 0.717) is 6.54 Å². The zero-order valence-corrected chi connectivity index (χ0v) is 16.2. The van der Waals surface area contributed by atoms with E-state index in [1.807, 2.05) is 6.92 Å². The summed E-state index contributed by atoms with van der Waals surface area (Å²) in [5.41, 5.74) is 0.384. The normalized spacial score (nSPS) is 14.2. The van der Waals surface area contributed by atoms with Crippen molar-refractivity contribution in [1.29, 1.82) is 0 Å². The summed E-state index contributed by atoms with van der Waals surface area (Å²) in [6.45, 7) is 6.16. The van der Waals surface area contributed by atoms with Gasteiger partial charge < -0.3 is 14.4 Å². The van der Waals surface area contributed by atoms with Gasteiger partial charge in [-0.05, 0) is 20.3 Å². The Balaban J connectivity index is 2.67. The SMILES string of the molecule is CCCN1C=C(C(=O)OCC)C(c2ccccc2[N+](=O)[O-])C(C(=O)OCC)=C1. The summed E-state index contributed by atoms with van der Waals surface area (Å²) in [5, 5.41) is 11.6. The Bertz CT molecular complexity index is 779. The molecule has 0 saturated heterocycles. The Morgan fingerprint density at radius 2 is 1.57 bits per heavy atom. The molecule has 8 heteroatoms. The number of benzene rings is 1. The number of esters is 2. The van der Waals surface area contributed by atoms with Crippen molar-refractivity contribution in [2.45, 2.75) is 33.1 Å². The maximum atomic E-state index is 12.7. The maximum Gasteiger partial charge on any atom is 0.336 e. The number of para-hydroxylation sites is 1. The number of hydrogen-bond donors (Lipinski definition) is 0. The topological polar surface area (TPSA) is 99.0 Å². The molecule has 1 heterocycles. The van der Waals surface area contributed by atoms with Gasteiger partial charge in [0.05, 0.1) is 35.2 Å². The van der Waals surface area contributed by atoms with E-state index < -0.39 is 22.8 Å². The molecule has 0 fully saturated rings. The van der Waals surface area contributed by atoms with Crippen LogP contribution in [0.25, 0.3) is 0 Å². The van der Waals surface area contributed by atoms with Crippen LogP contribution in [0, 0.1) is 10.1 Å². The van der Waals surface area contributed by atoms with Crippen molar-refractivity contribution in [3.63, 3.8) is 0 Å². The fourth-order valence-corrected chi connectivity index (χ4v) is 3.10. The van der Waals surface area contributed by atoms with Crippen molar-refractivity contribution in [1.82, 2.24) is 4.90 Å². The van der Waals surface area contributed by atoms with E-state index in [9.17, 15) is 19.7 Å². The Morgan fingerprint density at radius 1 is 1.04 bits per heavy atom. The van der Waals surface area contributed by atoms with Crippen LogP contribution >= 0.6 is 0 Å². The molecule has 8 nitrogen and oxygen atoms in total. The molecule has 28 heavy (non-hydrogen) atoms. The first kappa shape index (κ1) is 21.1. The van der Waals surface area contributed by atoms with E-state index in [1.54, 1.807) is 43.3 Å². The first-order valence-electron chi connectivity index (χ1n) is 9.21. The highest BCUT2D eigenvalue weighted by Crippen LogP contribution is 2.40. The molecule has 1 aromatic carbocycles. The summed E-state index contributed by atoms with van der Waals surface area (Å²) in [6, 6.07) is 6.05. The van der Waals surface area contributed by atoms with Gasteiger partial charge in [-0.2, -0.15) is 0 Å². The lowest BCUT2D eigenvalue weighted by Crippen LogP contribution is -2.30. The monoisotopic (exact) mass is 388 g/mol. The molecule has 0 bridgehead atoms. The predicted octanol–water partition coefficient (Wildman–Crippen LogP) is 3.30. The van der Waals surface area contributed by atoms with Gasteiger partial charge in [0, 0.05) is 30.6 Å². The minimum Gasteiger partial charge on any atom is -0.463 e. The third kappa shape index (κ3) is 4.57. The lowest BCUT2D eigenvalue weighted by molar-refractivity contribution is -0.385. The second-order valence-corrected chi connectivity index (χ2v) is 6.10. The van der Waals surface area contributed by atoms with Crippen LogP contribution in [-0.4, -0.2) is 41.5 Å². The van der Waals surface area contributed by atoms with E-state index in [4.69, 9.17) is 9.47 Å². The van der Waals surface area contributed by atoms with Gasteiger partial charge in [0.15, 0.2) is 0 Å². The van der Waals surface area contributed by atoms with Crippen molar-refractivity contribution in [2.24, 2.45) is 0 Å². The molecule has 0 amide bonds.